The van der Waals surface area contributed by atoms with Gasteiger partial charge in [0, 0.05) is 12.1 Å². The average Bonchev–Trinajstić information content (AvgIpc) is 2.50. The fourth-order valence-electron chi connectivity index (χ4n) is 1.06. The maximum atomic E-state index is 11.5. The minimum Gasteiger partial charge on any atom is -0.351 e. The van der Waals surface area contributed by atoms with Crippen LogP contribution in [0.1, 0.15) is 36.4 Å². The van der Waals surface area contributed by atoms with Crippen LogP contribution in [0, 0.1) is 12.8 Å². The van der Waals surface area contributed by atoms with E-state index in [9.17, 15) is 4.79 Å². The second kappa shape index (κ2) is 4.79. The summed E-state index contributed by atoms with van der Waals surface area (Å²) in [5.41, 5.74) is 0.770. The van der Waals surface area contributed by atoms with Crippen molar-refractivity contribution in [2.75, 3.05) is 6.54 Å². The van der Waals surface area contributed by atoms with Crippen molar-refractivity contribution in [3.05, 3.63) is 17.5 Å². The monoisotopic (exact) mass is 196 g/mol. The zero-order valence-electron chi connectivity index (χ0n) is 8.83. The summed E-state index contributed by atoms with van der Waals surface area (Å²) >= 11 is 0. The number of carbonyl (C=O) groups is 1. The molecule has 0 radical (unpaired) electrons. The van der Waals surface area contributed by atoms with Gasteiger partial charge in [-0.3, -0.25) is 4.79 Å². The van der Waals surface area contributed by atoms with E-state index in [1.54, 1.807) is 6.92 Å². The van der Waals surface area contributed by atoms with E-state index >= 15 is 0 Å². The quantitative estimate of drug-likeness (QED) is 0.798. The molecule has 0 saturated heterocycles. The molecule has 1 N–H and O–H groups in total. The third-order valence-electron chi connectivity index (χ3n) is 1.96. The Morgan fingerprint density at radius 2 is 2.36 bits per heavy atom. The standard InChI is InChI=1S/C10H16N2O2/c1-7(2)4-5-11-10(13)9-8(3)6-12-14-9/h6-7H,4-5H2,1-3H3,(H,11,13). The molecule has 1 heterocycles. The van der Waals surface area contributed by atoms with Crippen LogP contribution in [0.3, 0.4) is 0 Å². The molecule has 0 unspecified atom stereocenters. The van der Waals surface area contributed by atoms with Gasteiger partial charge in [0.15, 0.2) is 0 Å². The summed E-state index contributed by atoms with van der Waals surface area (Å²) in [6.07, 6.45) is 2.51. The highest BCUT2D eigenvalue weighted by Crippen LogP contribution is 2.05. The van der Waals surface area contributed by atoms with Crippen LogP contribution in [0.2, 0.25) is 0 Å². The molecule has 4 heteroatoms. The lowest BCUT2D eigenvalue weighted by Crippen LogP contribution is -2.25. The van der Waals surface area contributed by atoms with E-state index in [0.717, 1.165) is 12.0 Å². The fourth-order valence-corrected chi connectivity index (χ4v) is 1.06. The second-order valence-electron chi connectivity index (χ2n) is 3.78. The van der Waals surface area contributed by atoms with Gasteiger partial charge in [-0.05, 0) is 19.3 Å². The number of rotatable bonds is 4. The highest BCUT2D eigenvalue weighted by Gasteiger charge is 2.12. The van der Waals surface area contributed by atoms with Crippen LogP contribution in [0.25, 0.3) is 0 Å². The molecule has 0 spiro atoms. The van der Waals surface area contributed by atoms with E-state index < -0.39 is 0 Å². The van der Waals surface area contributed by atoms with Crippen LogP contribution >= 0.6 is 0 Å². The lowest BCUT2D eigenvalue weighted by atomic mass is 10.1. The molecule has 0 aromatic carbocycles. The summed E-state index contributed by atoms with van der Waals surface area (Å²) in [6.45, 7) is 6.71. The van der Waals surface area contributed by atoms with Crippen LogP contribution in [0.5, 0.6) is 0 Å². The van der Waals surface area contributed by atoms with Crippen LogP contribution in [-0.4, -0.2) is 17.6 Å². The number of hydrogen-bond donors (Lipinski definition) is 1. The number of carbonyl (C=O) groups excluding carboxylic acids is 1. The largest absolute Gasteiger partial charge is 0.351 e. The van der Waals surface area contributed by atoms with Crippen LogP contribution in [-0.2, 0) is 0 Å². The Kier molecular flexibility index (Phi) is 3.68. The number of aryl methyl sites for hydroxylation is 1. The summed E-state index contributed by atoms with van der Waals surface area (Å²) in [5, 5.41) is 6.33. The normalized spacial score (nSPS) is 10.6. The van der Waals surface area contributed by atoms with Crippen molar-refractivity contribution >= 4 is 5.91 Å². The van der Waals surface area contributed by atoms with Gasteiger partial charge in [-0.15, -0.1) is 0 Å². The Hall–Kier alpha value is -1.32. The maximum absolute atomic E-state index is 11.5. The molecule has 14 heavy (non-hydrogen) atoms. The topological polar surface area (TPSA) is 55.1 Å². The smallest absolute Gasteiger partial charge is 0.290 e. The van der Waals surface area contributed by atoms with Gasteiger partial charge in [0.05, 0.1) is 6.20 Å². The number of nitrogens with zero attached hydrogens (tertiary/aromatic N) is 1. The minimum absolute atomic E-state index is 0.180. The van der Waals surface area contributed by atoms with Gasteiger partial charge < -0.3 is 9.84 Å². The van der Waals surface area contributed by atoms with Crippen LogP contribution in [0.4, 0.5) is 0 Å². The fraction of sp³-hybridized carbons (Fsp3) is 0.600. The van der Waals surface area contributed by atoms with Gasteiger partial charge in [0.2, 0.25) is 5.76 Å². The van der Waals surface area contributed by atoms with Crippen molar-refractivity contribution in [1.29, 1.82) is 0 Å². The van der Waals surface area contributed by atoms with Crippen LogP contribution in [0.15, 0.2) is 10.7 Å². The van der Waals surface area contributed by atoms with Crippen molar-refractivity contribution in [2.45, 2.75) is 27.2 Å². The Labute approximate surface area is 83.7 Å². The molecule has 1 aromatic rings. The molecule has 0 saturated carbocycles. The van der Waals surface area contributed by atoms with Gasteiger partial charge in [-0.1, -0.05) is 19.0 Å². The molecule has 1 rings (SSSR count). The molecule has 1 aromatic heterocycles. The van der Waals surface area contributed by atoms with E-state index in [1.165, 1.54) is 6.20 Å². The first-order chi connectivity index (χ1) is 6.61. The molecule has 0 aliphatic carbocycles. The summed E-state index contributed by atoms with van der Waals surface area (Å²) in [4.78, 5) is 11.5. The summed E-state index contributed by atoms with van der Waals surface area (Å²) in [7, 11) is 0. The molecule has 78 valence electrons. The van der Waals surface area contributed by atoms with Crippen molar-refractivity contribution in [3.8, 4) is 0 Å². The molecular formula is C10H16N2O2. The number of amides is 1. The molecular weight excluding hydrogens is 180 g/mol. The van der Waals surface area contributed by atoms with Crippen molar-refractivity contribution in [2.24, 2.45) is 5.92 Å². The third kappa shape index (κ3) is 2.87. The summed E-state index contributed by atoms with van der Waals surface area (Å²) in [6, 6.07) is 0. The Bertz CT molecular complexity index is 305. The molecule has 4 nitrogen and oxygen atoms in total. The highest BCUT2D eigenvalue weighted by atomic mass is 16.5. The van der Waals surface area contributed by atoms with Gasteiger partial charge in [0.25, 0.3) is 5.91 Å². The van der Waals surface area contributed by atoms with Crippen LogP contribution < -0.4 is 5.32 Å². The third-order valence-corrected chi connectivity index (χ3v) is 1.96. The SMILES string of the molecule is Cc1cnoc1C(=O)NCCC(C)C. The first-order valence-corrected chi connectivity index (χ1v) is 4.80. The maximum Gasteiger partial charge on any atom is 0.290 e. The Morgan fingerprint density at radius 3 is 2.86 bits per heavy atom. The first-order valence-electron chi connectivity index (χ1n) is 4.80. The van der Waals surface area contributed by atoms with Gasteiger partial charge >= 0.3 is 0 Å². The Balaban J connectivity index is 2.40. The van der Waals surface area contributed by atoms with E-state index in [2.05, 4.69) is 24.3 Å². The zero-order chi connectivity index (χ0) is 10.6. The predicted octanol–water partition coefficient (Wildman–Crippen LogP) is 1.76. The summed E-state index contributed by atoms with van der Waals surface area (Å²) in [5.74, 6) is 0.723. The van der Waals surface area contributed by atoms with Crippen molar-refractivity contribution in [3.63, 3.8) is 0 Å². The Morgan fingerprint density at radius 1 is 1.64 bits per heavy atom. The van der Waals surface area contributed by atoms with E-state index in [0.29, 0.717) is 18.2 Å². The zero-order valence-corrected chi connectivity index (χ0v) is 8.83. The average molecular weight is 196 g/mol. The molecule has 0 atom stereocenters. The van der Waals surface area contributed by atoms with Gasteiger partial charge in [-0.25, -0.2) is 0 Å². The van der Waals surface area contributed by atoms with Gasteiger partial charge in [-0.2, -0.15) is 0 Å². The first kappa shape index (κ1) is 10.8. The molecule has 0 aliphatic rings. The van der Waals surface area contributed by atoms with E-state index in [1.807, 2.05) is 0 Å². The number of hydrogen-bond acceptors (Lipinski definition) is 3. The number of nitrogens with one attached hydrogen (secondary N) is 1. The number of aromatic nitrogens is 1. The molecule has 1 amide bonds. The molecule has 0 bridgehead atoms. The summed E-state index contributed by atoms with van der Waals surface area (Å²) < 4.78 is 4.82. The highest BCUT2D eigenvalue weighted by molar-refractivity contribution is 5.92. The van der Waals surface area contributed by atoms with Gasteiger partial charge in [0.1, 0.15) is 0 Å². The predicted molar refractivity (Wildman–Crippen MR) is 53.0 cm³/mol. The molecule has 0 fully saturated rings. The van der Waals surface area contributed by atoms with E-state index in [-0.39, 0.29) is 5.91 Å². The van der Waals surface area contributed by atoms with Crippen molar-refractivity contribution in [1.82, 2.24) is 10.5 Å². The van der Waals surface area contributed by atoms with E-state index in [4.69, 9.17) is 4.52 Å². The van der Waals surface area contributed by atoms with Crippen molar-refractivity contribution < 1.29 is 9.32 Å². The molecule has 0 aliphatic heterocycles. The lowest BCUT2D eigenvalue weighted by Gasteiger charge is -2.05. The lowest BCUT2D eigenvalue weighted by molar-refractivity contribution is 0.0914. The minimum atomic E-state index is -0.180. The second-order valence-corrected chi connectivity index (χ2v) is 3.78.